The van der Waals surface area contributed by atoms with Gasteiger partial charge in [-0.2, -0.15) is 0 Å². The Hall–Kier alpha value is -4.31. The van der Waals surface area contributed by atoms with Crippen molar-refractivity contribution in [2.24, 2.45) is 0 Å². The number of sulfonamides is 1. The number of rotatable bonds is 12. The molecule has 1 fully saturated rings. The molecule has 6 rings (SSSR count). The Bertz CT molecular complexity index is 1730. The SMILES string of the molecule is O=S(=O)(Nc1ccc([C@H]2O[C@@H](CN(Cc3ccccc3)Cc3ccccc3)C[C@@H](c3ccc(CO)cc3)O2)cc1)c1ccccc1. The fourth-order valence-electron chi connectivity index (χ4n) is 5.71. The molecule has 0 bridgehead atoms. The molecule has 0 spiro atoms. The van der Waals surface area contributed by atoms with Crippen molar-refractivity contribution in [3.63, 3.8) is 0 Å². The molecule has 0 aliphatic carbocycles. The van der Waals surface area contributed by atoms with Gasteiger partial charge < -0.3 is 14.6 Å². The monoisotopic (exact) mass is 634 g/mol. The van der Waals surface area contributed by atoms with Gasteiger partial charge in [-0.25, -0.2) is 8.42 Å². The van der Waals surface area contributed by atoms with E-state index in [-0.39, 0.29) is 23.7 Å². The van der Waals surface area contributed by atoms with Crippen molar-refractivity contribution < 1.29 is 23.0 Å². The number of benzene rings is 5. The predicted octanol–water partition coefficient (Wildman–Crippen LogP) is 7.23. The minimum Gasteiger partial charge on any atom is -0.392 e. The molecule has 0 radical (unpaired) electrons. The molecule has 8 heteroatoms. The molecule has 7 nitrogen and oxygen atoms in total. The van der Waals surface area contributed by atoms with Gasteiger partial charge in [0.1, 0.15) is 0 Å². The van der Waals surface area contributed by atoms with Crippen LogP contribution in [0.4, 0.5) is 5.69 Å². The van der Waals surface area contributed by atoms with Gasteiger partial charge in [-0.05, 0) is 46.5 Å². The molecule has 236 valence electrons. The van der Waals surface area contributed by atoms with Crippen LogP contribution in [0.15, 0.2) is 144 Å². The second kappa shape index (κ2) is 14.9. The Morgan fingerprint density at radius 1 is 0.652 bits per heavy atom. The molecule has 5 aromatic carbocycles. The van der Waals surface area contributed by atoms with E-state index < -0.39 is 16.3 Å². The van der Waals surface area contributed by atoms with Gasteiger partial charge in [-0.15, -0.1) is 0 Å². The highest BCUT2D eigenvalue weighted by molar-refractivity contribution is 7.92. The first-order valence-electron chi connectivity index (χ1n) is 15.4. The van der Waals surface area contributed by atoms with Crippen LogP contribution in [0.1, 0.15) is 46.6 Å². The lowest BCUT2D eigenvalue weighted by Crippen LogP contribution is -2.39. The number of hydrogen-bond acceptors (Lipinski definition) is 6. The number of anilines is 1. The summed E-state index contributed by atoms with van der Waals surface area (Å²) >= 11 is 0. The van der Waals surface area contributed by atoms with Crippen LogP contribution in [-0.4, -0.2) is 31.1 Å². The first-order valence-corrected chi connectivity index (χ1v) is 16.9. The zero-order valence-corrected chi connectivity index (χ0v) is 26.3. The molecule has 1 heterocycles. The number of hydrogen-bond donors (Lipinski definition) is 2. The quantitative estimate of drug-likeness (QED) is 0.151. The fourth-order valence-corrected chi connectivity index (χ4v) is 6.79. The fraction of sp³-hybridized carbons (Fsp3) is 0.211. The van der Waals surface area contributed by atoms with Crippen molar-refractivity contribution in [2.45, 2.75) is 49.5 Å². The number of nitrogens with zero attached hydrogens (tertiary/aromatic N) is 1. The molecule has 0 amide bonds. The summed E-state index contributed by atoms with van der Waals surface area (Å²) in [6.07, 6.45) is -0.381. The normalized spacial score (nSPS) is 18.3. The van der Waals surface area contributed by atoms with Crippen LogP contribution in [-0.2, 0) is 39.2 Å². The molecule has 0 unspecified atom stereocenters. The van der Waals surface area contributed by atoms with Crippen LogP contribution in [0.25, 0.3) is 0 Å². The van der Waals surface area contributed by atoms with Crippen LogP contribution in [0.2, 0.25) is 0 Å². The zero-order chi connectivity index (χ0) is 31.8. The van der Waals surface area contributed by atoms with E-state index in [2.05, 4.69) is 58.2 Å². The minimum atomic E-state index is -3.71. The van der Waals surface area contributed by atoms with E-state index >= 15 is 0 Å². The maximum Gasteiger partial charge on any atom is 0.261 e. The predicted molar refractivity (Wildman–Crippen MR) is 179 cm³/mol. The third-order valence-electron chi connectivity index (χ3n) is 8.06. The molecule has 0 aromatic heterocycles. The van der Waals surface area contributed by atoms with Crippen LogP contribution >= 0.6 is 0 Å². The highest BCUT2D eigenvalue weighted by Crippen LogP contribution is 2.38. The second-order valence-electron chi connectivity index (χ2n) is 11.5. The van der Waals surface area contributed by atoms with Crippen molar-refractivity contribution in [2.75, 3.05) is 11.3 Å². The van der Waals surface area contributed by atoms with Crippen molar-refractivity contribution in [3.05, 3.63) is 167 Å². The molecular weight excluding hydrogens is 596 g/mol. The van der Waals surface area contributed by atoms with Gasteiger partial charge in [0.15, 0.2) is 6.29 Å². The van der Waals surface area contributed by atoms with E-state index in [1.54, 1.807) is 42.5 Å². The van der Waals surface area contributed by atoms with Crippen LogP contribution < -0.4 is 4.72 Å². The Morgan fingerprint density at radius 3 is 1.76 bits per heavy atom. The summed E-state index contributed by atoms with van der Waals surface area (Å²) in [6.45, 7) is 2.21. The van der Waals surface area contributed by atoms with Gasteiger partial charge in [-0.1, -0.05) is 115 Å². The van der Waals surface area contributed by atoms with Crippen molar-refractivity contribution in [3.8, 4) is 0 Å². The molecule has 1 aliphatic heterocycles. The average Bonchev–Trinajstić information content (AvgIpc) is 3.09. The molecular formula is C38H38N2O5S. The van der Waals surface area contributed by atoms with Gasteiger partial charge in [0, 0.05) is 37.3 Å². The number of aliphatic hydroxyl groups excluding tert-OH is 1. The number of aliphatic hydroxyl groups is 1. The van der Waals surface area contributed by atoms with Crippen molar-refractivity contribution in [1.82, 2.24) is 4.90 Å². The molecule has 0 saturated carbocycles. The van der Waals surface area contributed by atoms with Crippen molar-refractivity contribution in [1.29, 1.82) is 0 Å². The van der Waals surface area contributed by atoms with Gasteiger partial charge in [-0.3, -0.25) is 9.62 Å². The summed E-state index contributed by atoms with van der Waals surface area (Å²) in [7, 11) is -3.71. The summed E-state index contributed by atoms with van der Waals surface area (Å²) in [5.74, 6) is 0. The summed E-state index contributed by atoms with van der Waals surface area (Å²) in [6, 6.07) is 44.2. The Balaban J connectivity index is 1.24. The third kappa shape index (κ3) is 8.28. The largest absolute Gasteiger partial charge is 0.392 e. The Kier molecular flexibility index (Phi) is 10.2. The summed E-state index contributed by atoms with van der Waals surface area (Å²) in [5.41, 5.74) is 5.56. The van der Waals surface area contributed by atoms with Gasteiger partial charge >= 0.3 is 0 Å². The summed E-state index contributed by atoms with van der Waals surface area (Å²) in [4.78, 5) is 2.61. The second-order valence-corrected chi connectivity index (χ2v) is 13.2. The van der Waals surface area contributed by atoms with E-state index in [9.17, 15) is 13.5 Å². The molecule has 1 saturated heterocycles. The lowest BCUT2D eigenvalue weighted by molar-refractivity contribution is -0.253. The molecule has 5 aromatic rings. The summed E-state index contributed by atoms with van der Waals surface area (Å²) in [5, 5.41) is 9.57. The summed E-state index contributed by atoms with van der Waals surface area (Å²) < 4.78 is 41.6. The van der Waals surface area contributed by atoms with E-state index in [0.29, 0.717) is 18.7 Å². The Labute approximate surface area is 271 Å². The van der Waals surface area contributed by atoms with Crippen LogP contribution in [0.5, 0.6) is 0 Å². The molecule has 3 atom stereocenters. The molecule has 46 heavy (non-hydrogen) atoms. The maximum absolute atomic E-state index is 12.9. The minimum absolute atomic E-state index is 0.0194. The van der Waals surface area contributed by atoms with Gasteiger partial charge in [0.25, 0.3) is 10.0 Å². The molecule has 1 aliphatic rings. The average molecular weight is 635 g/mol. The van der Waals surface area contributed by atoms with Gasteiger partial charge in [0.05, 0.1) is 23.7 Å². The first-order chi connectivity index (χ1) is 22.4. The highest BCUT2D eigenvalue weighted by atomic mass is 32.2. The lowest BCUT2D eigenvalue weighted by atomic mass is 9.99. The van der Waals surface area contributed by atoms with Crippen LogP contribution in [0, 0.1) is 0 Å². The van der Waals surface area contributed by atoms with E-state index in [0.717, 1.165) is 29.8 Å². The van der Waals surface area contributed by atoms with Crippen LogP contribution in [0.3, 0.4) is 0 Å². The van der Waals surface area contributed by atoms with E-state index in [1.165, 1.54) is 11.1 Å². The standard InChI is InChI=1S/C38H38N2O5S/c41-28-31-16-18-32(19-17-31)37-24-35(27-40(25-29-10-4-1-5-11-29)26-30-12-6-2-7-13-30)44-38(45-37)33-20-22-34(23-21-33)39-46(42,43)36-14-8-3-9-15-36/h1-23,35,37-39,41H,24-28H2/t35-,37+,38+/m1/s1. The van der Waals surface area contributed by atoms with Crippen molar-refractivity contribution >= 4 is 15.7 Å². The topological polar surface area (TPSA) is 88.1 Å². The Morgan fingerprint density at radius 2 is 1.20 bits per heavy atom. The number of nitrogens with one attached hydrogen (secondary N) is 1. The number of ether oxygens (including phenoxy) is 2. The lowest BCUT2D eigenvalue weighted by Gasteiger charge is -2.38. The highest BCUT2D eigenvalue weighted by Gasteiger charge is 2.33. The first kappa shape index (κ1) is 31.7. The van der Waals surface area contributed by atoms with E-state index in [1.807, 2.05) is 48.5 Å². The smallest absolute Gasteiger partial charge is 0.261 e. The molecule has 2 N–H and O–H groups in total. The third-order valence-corrected chi connectivity index (χ3v) is 9.46. The maximum atomic E-state index is 12.9. The van der Waals surface area contributed by atoms with E-state index in [4.69, 9.17) is 9.47 Å². The zero-order valence-electron chi connectivity index (χ0n) is 25.5. The van der Waals surface area contributed by atoms with Gasteiger partial charge in [0.2, 0.25) is 0 Å².